The number of aliphatic carboxylic acids is 1. The molecule has 0 unspecified atom stereocenters. The first-order valence-electron chi connectivity index (χ1n) is 12.8. The van der Waals surface area contributed by atoms with Gasteiger partial charge in [-0.15, -0.1) is 0 Å². The van der Waals surface area contributed by atoms with Crippen LogP contribution in [0.1, 0.15) is 79.6 Å². The molecule has 0 aromatic heterocycles. The fourth-order valence-corrected chi connectivity index (χ4v) is 7.67. The Kier molecular flexibility index (Phi) is 5.13. The summed E-state index contributed by atoms with van der Waals surface area (Å²) in [6.07, 6.45) is 8.60. The highest BCUT2D eigenvalue weighted by Gasteiger charge is 2.58. The molecule has 1 aromatic carbocycles. The van der Waals surface area contributed by atoms with E-state index >= 15 is 4.39 Å². The molecule has 34 heavy (non-hydrogen) atoms. The van der Waals surface area contributed by atoms with Crippen LogP contribution in [-0.4, -0.2) is 41.1 Å². The molecule has 0 spiro atoms. The molecule has 0 radical (unpaired) electrons. The maximum atomic E-state index is 15.2. The van der Waals surface area contributed by atoms with Crippen molar-refractivity contribution in [3.05, 3.63) is 29.1 Å². The number of carbonyl (C=O) groups excluding carboxylic acids is 1. The first-order chi connectivity index (χ1) is 16.4. The monoisotopic (exact) mass is 466 g/mol. The SMILES string of the molecule is N#CC1(COc2cc(F)c(C(=O)N3CCC[C@H]3C(=O)O)cc2C2CC2)[C@H]2C[C@H]3C[C@H](C2)C[C@H]1C3. The zero-order chi connectivity index (χ0) is 23.6. The highest BCUT2D eigenvalue weighted by molar-refractivity contribution is 5.97. The first-order valence-corrected chi connectivity index (χ1v) is 12.8. The van der Waals surface area contributed by atoms with Crippen LogP contribution >= 0.6 is 0 Å². The minimum absolute atomic E-state index is 0.0768. The number of rotatable bonds is 6. The fraction of sp³-hybridized carbons (Fsp3) is 0.667. The van der Waals surface area contributed by atoms with Crippen LogP contribution in [0.25, 0.3) is 0 Å². The summed E-state index contributed by atoms with van der Waals surface area (Å²) in [5.74, 6) is 0.554. The molecule has 1 aliphatic heterocycles. The standard InChI is InChI=1S/C27H31FN2O4/c28-22-12-24(34-14-27(13-29)18-7-15-6-16(9-18)10-19(27)8-15)20(17-3-4-17)11-21(22)25(31)30-5-1-2-23(30)26(32)33/h11-12,15-19,23H,1-10,14H2,(H,32,33)/t15-,16-,18-,19+,23-,27?/m0/s1. The number of ether oxygens (including phenoxy) is 1. The van der Waals surface area contributed by atoms with E-state index in [9.17, 15) is 20.0 Å². The van der Waals surface area contributed by atoms with Gasteiger partial charge in [0.1, 0.15) is 24.2 Å². The Hall–Kier alpha value is -2.62. The van der Waals surface area contributed by atoms with Gasteiger partial charge in [-0.1, -0.05) is 0 Å². The molecule has 1 aromatic rings. The molecule has 7 heteroatoms. The van der Waals surface area contributed by atoms with E-state index in [0.29, 0.717) is 37.0 Å². The van der Waals surface area contributed by atoms with Crippen LogP contribution in [0, 0.1) is 46.2 Å². The van der Waals surface area contributed by atoms with Crippen LogP contribution in [0.4, 0.5) is 4.39 Å². The van der Waals surface area contributed by atoms with E-state index in [0.717, 1.165) is 55.9 Å². The zero-order valence-electron chi connectivity index (χ0n) is 19.3. The summed E-state index contributed by atoms with van der Waals surface area (Å²) < 4.78 is 21.5. The maximum Gasteiger partial charge on any atom is 0.326 e. The molecule has 7 rings (SSSR count). The Morgan fingerprint density at radius 2 is 1.79 bits per heavy atom. The van der Waals surface area contributed by atoms with Crippen LogP contribution in [0.15, 0.2) is 12.1 Å². The number of nitrogens with zero attached hydrogens (tertiary/aromatic N) is 2. The minimum atomic E-state index is -1.05. The fourth-order valence-electron chi connectivity index (χ4n) is 7.67. The Morgan fingerprint density at radius 1 is 1.12 bits per heavy atom. The summed E-state index contributed by atoms with van der Waals surface area (Å²) >= 11 is 0. The largest absolute Gasteiger partial charge is 0.491 e. The molecule has 1 atom stereocenters. The molecule has 5 aliphatic carbocycles. The molecule has 6 nitrogen and oxygen atoms in total. The van der Waals surface area contributed by atoms with Gasteiger partial charge in [0.25, 0.3) is 5.91 Å². The molecular weight excluding hydrogens is 435 g/mol. The molecule has 1 heterocycles. The van der Waals surface area contributed by atoms with Gasteiger partial charge in [0, 0.05) is 12.6 Å². The van der Waals surface area contributed by atoms with E-state index in [-0.39, 0.29) is 18.1 Å². The van der Waals surface area contributed by atoms with Crippen molar-refractivity contribution in [1.29, 1.82) is 5.26 Å². The Bertz CT molecular complexity index is 1050. The number of carboxylic acids is 1. The van der Waals surface area contributed by atoms with Gasteiger partial charge < -0.3 is 14.7 Å². The van der Waals surface area contributed by atoms with Crippen LogP contribution in [0.3, 0.4) is 0 Å². The quantitative estimate of drug-likeness (QED) is 0.654. The van der Waals surface area contributed by atoms with Gasteiger partial charge in [0.15, 0.2) is 0 Å². The Balaban J connectivity index is 1.27. The van der Waals surface area contributed by atoms with Gasteiger partial charge in [-0.2, -0.15) is 5.26 Å². The molecule has 1 amide bonds. The summed E-state index contributed by atoms with van der Waals surface area (Å²) in [4.78, 5) is 25.9. The predicted molar refractivity (Wildman–Crippen MR) is 121 cm³/mol. The van der Waals surface area contributed by atoms with Crippen molar-refractivity contribution in [2.24, 2.45) is 29.1 Å². The summed E-state index contributed by atoms with van der Waals surface area (Å²) in [7, 11) is 0. The van der Waals surface area contributed by atoms with Gasteiger partial charge in [-0.3, -0.25) is 4.79 Å². The average Bonchev–Trinajstić information content (AvgIpc) is 3.53. The number of nitriles is 1. The summed E-state index contributed by atoms with van der Waals surface area (Å²) in [6.45, 7) is 0.597. The van der Waals surface area contributed by atoms with Crippen molar-refractivity contribution < 1.29 is 23.8 Å². The van der Waals surface area contributed by atoms with Crippen LogP contribution in [0.2, 0.25) is 0 Å². The lowest BCUT2D eigenvalue weighted by molar-refractivity contribution is -0.141. The van der Waals surface area contributed by atoms with Crippen LogP contribution in [-0.2, 0) is 4.79 Å². The van der Waals surface area contributed by atoms with E-state index in [1.54, 1.807) is 6.07 Å². The third kappa shape index (κ3) is 3.40. The van der Waals surface area contributed by atoms with Crippen molar-refractivity contribution in [2.45, 2.75) is 69.7 Å². The molecular formula is C27H31FN2O4. The second-order valence-electron chi connectivity index (χ2n) is 11.4. The minimum Gasteiger partial charge on any atom is -0.491 e. The number of carbonyl (C=O) groups is 2. The molecule has 180 valence electrons. The molecule has 4 bridgehead atoms. The topological polar surface area (TPSA) is 90.6 Å². The van der Waals surface area contributed by atoms with E-state index < -0.39 is 29.2 Å². The number of hydrogen-bond acceptors (Lipinski definition) is 4. The van der Waals surface area contributed by atoms with E-state index in [2.05, 4.69) is 6.07 Å². The normalized spacial score (nSPS) is 35.9. The van der Waals surface area contributed by atoms with Gasteiger partial charge in [0.2, 0.25) is 0 Å². The van der Waals surface area contributed by atoms with E-state index in [1.165, 1.54) is 17.4 Å². The number of benzene rings is 1. The zero-order valence-corrected chi connectivity index (χ0v) is 19.3. The molecule has 1 saturated heterocycles. The summed E-state index contributed by atoms with van der Waals surface area (Å²) in [6, 6.07) is 4.63. The Labute approximate surface area is 199 Å². The van der Waals surface area contributed by atoms with Gasteiger partial charge in [-0.05, 0) is 99.0 Å². The number of halogens is 1. The van der Waals surface area contributed by atoms with Crippen LogP contribution < -0.4 is 4.74 Å². The molecule has 6 fully saturated rings. The van der Waals surface area contributed by atoms with Gasteiger partial charge in [0.05, 0.1) is 17.0 Å². The van der Waals surface area contributed by atoms with Crippen molar-refractivity contribution in [3.8, 4) is 11.8 Å². The van der Waals surface area contributed by atoms with Crippen molar-refractivity contribution in [2.75, 3.05) is 13.2 Å². The lowest BCUT2D eigenvalue weighted by Crippen LogP contribution is -2.54. The molecule has 1 N–H and O–H groups in total. The number of carboxylic acid groups (broad SMARTS) is 1. The van der Waals surface area contributed by atoms with E-state index in [4.69, 9.17) is 4.74 Å². The second-order valence-corrected chi connectivity index (χ2v) is 11.4. The van der Waals surface area contributed by atoms with Crippen molar-refractivity contribution in [3.63, 3.8) is 0 Å². The lowest BCUT2D eigenvalue weighted by atomic mass is 9.46. The van der Waals surface area contributed by atoms with Crippen molar-refractivity contribution >= 4 is 11.9 Å². The summed E-state index contributed by atoms with van der Waals surface area (Å²) in [5, 5.41) is 19.7. The third-order valence-electron chi connectivity index (χ3n) is 9.42. The third-order valence-corrected chi connectivity index (χ3v) is 9.42. The van der Waals surface area contributed by atoms with Gasteiger partial charge in [-0.25, -0.2) is 9.18 Å². The first kappa shape index (κ1) is 21.9. The predicted octanol–water partition coefficient (Wildman–Crippen LogP) is 4.74. The average molecular weight is 467 g/mol. The van der Waals surface area contributed by atoms with Crippen molar-refractivity contribution in [1.82, 2.24) is 4.90 Å². The highest BCUT2D eigenvalue weighted by atomic mass is 19.1. The number of likely N-dealkylation sites (tertiary alicyclic amines) is 1. The Morgan fingerprint density at radius 3 is 2.38 bits per heavy atom. The lowest BCUT2D eigenvalue weighted by Gasteiger charge is -2.58. The van der Waals surface area contributed by atoms with Gasteiger partial charge >= 0.3 is 5.97 Å². The highest BCUT2D eigenvalue weighted by Crippen LogP contribution is 2.62. The smallest absolute Gasteiger partial charge is 0.326 e. The number of amides is 1. The van der Waals surface area contributed by atoms with Crippen LogP contribution in [0.5, 0.6) is 5.75 Å². The summed E-state index contributed by atoms with van der Waals surface area (Å²) in [5.41, 5.74) is 0.225. The molecule has 5 saturated carbocycles. The van der Waals surface area contributed by atoms with E-state index in [1.807, 2.05) is 0 Å². The molecule has 6 aliphatic rings. The maximum absolute atomic E-state index is 15.2. The second kappa shape index (κ2) is 7.96. The number of hydrogen-bond donors (Lipinski definition) is 1.